The van der Waals surface area contributed by atoms with Crippen LogP contribution in [0.15, 0.2) is 0 Å². The standard InChI is InChI=1S/C9H18O.C2H6/c1-9(2)7-5-4-6-8(9)10-3;1-2/h8H,4-7H2,1-3H3;1-2H3. The number of hydrogen-bond acceptors (Lipinski definition) is 1. The van der Waals surface area contributed by atoms with Crippen LogP contribution in [-0.4, -0.2) is 13.2 Å². The first-order chi connectivity index (χ1) is 5.67. The van der Waals surface area contributed by atoms with Crippen LogP contribution in [0.4, 0.5) is 0 Å². The molecule has 0 aromatic carbocycles. The van der Waals surface area contributed by atoms with Crippen molar-refractivity contribution in [1.29, 1.82) is 0 Å². The predicted octanol–water partition coefficient (Wildman–Crippen LogP) is 3.63. The van der Waals surface area contributed by atoms with E-state index in [1.165, 1.54) is 25.7 Å². The van der Waals surface area contributed by atoms with Crippen molar-refractivity contribution in [2.75, 3.05) is 7.11 Å². The van der Waals surface area contributed by atoms with Crippen LogP contribution in [0, 0.1) is 5.41 Å². The van der Waals surface area contributed by atoms with Crippen LogP contribution in [0.5, 0.6) is 0 Å². The summed E-state index contributed by atoms with van der Waals surface area (Å²) >= 11 is 0. The van der Waals surface area contributed by atoms with Crippen molar-refractivity contribution in [3.8, 4) is 0 Å². The number of hydrogen-bond donors (Lipinski definition) is 0. The molecule has 1 heteroatoms. The highest BCUT2D eigenvalue weighted by molar-refractivity contribution is 4.82. The van der Waals surface area contributed by atoms with E-state index in [-0.39, 0.29) is 0 Å². The van der Waals surface area contributed by atoms with Gasteiger partial charge < -0.3 is 4.74 Å². The lowest BCUT2D eigenvalue weighted by molar-refractivity contribution is -0.0225. The first-order valence-electron chi connectivity index (χ1n) is 5.19. The summed E-state index contributed by atoms with van der Waals surface area (Å²) in [6.07, 6.45) is 5.81. The molecule has 0 N–H and O–H groups in total. The second-order valence-corrected chi connectivity index (χ2v) is 3.96. The van der Waals surface area contributed by atoms with Crippen molar-refractivity contribution in [3.05, 3.63) is 0 Å². The molecular weight excluding hydrogens is 148 g/mol. The first kappa shape index (κ1) is 12.0. The van der Waals surface area contributed by atoms with Gasteiger partial charge in [0.05, 0.1) is 6.10 Å². The van der Waals surface area contributed by atoms with Crippen LogP contribution >= 0.6 is 0 Å². The van der Waals surface area contributed by atoms with Crippen LogP contribution in [-0.2, 0) is 4.74 Å². The Morgan fingerprint density at radius 3 is 2.08 bits per heavy atom. The quantitative estimate of drug-likeness (QED) is 0.587. The zero-order chi connectivity index (χ0) is 9.61. The minimum Gasteiger partial charge on any atom is -0.381 e. The van der Waals surface area contributed by atoms with E-state index in [4.69, 9.17) is 4.74 Å². The zero-order valence-corrected chi connectivity index (χ0v) is 9.31. The van der Waals surface area contributed by atoms with Gasteiger partial charge in [-0.15, -0.1) is 0 Å². The Bertz CT molecular complexity index is 108. The number of ether oxygens (including phenoxy) is 1. The summed E-state index contributed by atoms with van der Waals surface area (Å²) in [5.41, 5.74) is 0.424. The van der Waals surface area contributed by atoms with E-state index < -0.39 is 0 Å². The lowest BCUT2D eigenvalue weighted by Gasteiger charge is -2.37. The predicted molar refractivity (Wildman–Crippen MR) is 54.4 cm³/mol. The van der Waals surface area contributed by atoms with Gasteiger partial charge in [0.1, 0.15) is 0 Å². The monoisotopic (exact) mass is 172 g/mol. The van der Waals surface area contributed by atoms with Gasteiger partial charge in [-0.3, -0.25) is 0 Å². The molecule has 74 valence electrons. The fourth-order valence-corrected chi connectivity index (χ4v) is 1.90. The molecule has 1 saturated carbocycles. The van der Waals surface area contributed by atoms with Crippen LogP contribution in [0.1, 0.15) is 53.4 Å². The summed E-state index contributed by atoms with van der Waals surface area (Å²) in [7, 11) is 1.83. The third kappa shape index (κ3) is 3.14. The molecular formula is C11H24O. The molecule has 1 atom stereocenters. The highest BCUT2D eigenvalue weighted by Gasteiger charge is 2.31. The molecule has 0 aromatic heterocycles. The Morgan fingerprint density at radius 1 is 1.17 bits per heavy atom. The Kier molecular flexibility index (Phi) is 5.56. The molecule has 0 bridgehead atoms. The van der Waals surface area contributed by atoms with E-state index in [0.717, 1.165) is 0 Å². The van der Waals surface area contributed by atoms with Gasteiger partial charge in [-0.1, -0.05) is 40.5 Å². The van der Waals surface area contributed by atoms with Crippen molar-refractivity contribution < 1.29 is 4.74 Å². The van der Waals surface area contributed by atoms with E-state index >= 15 is 0 Å². The first-order valence-corrected chi connectivity index (χ1v) is 5.19. The van der Waals surface area contributed by atoms with E-state index in [1.54, 1.807) is 0 Å². The summed E-state index contributed by atoms with van der Waals surface area (Å²) in [5, 5.41) is 0. The summed E-state index contributed by atoms with van der Waals surface area (Å²) in [6.45, 7) is 8.61. The molecule has 1 unspecified atom stereocenters. The van der Waals surface area contributed by atoms with Gasteiger partial charge in [-0.2, -0.15) is 0 Å². The second kappa shape index (κ2) is 5.58. The second-order valence-electron chi connectivity index (χ2n) is 3.96. The molecule has 1 aliphatic rings. The van der Waals surface area contributed by atoms with Gasteiger partial charge in [-0.05, 0) is 18.3 Å². The maximum absolute atomic E-state index is 5.41. The van der Waals surface area contributed by atoms with Gasteiger partial charge in [0.2, 0.25) is 0 Å². The van der Waals surface area contributed by atoms with Gasteiger partial charge in [0.15, 0.2) is 0 Å². The van der Waals surface area contributed by atoms with Crippen LogP contribution in [0.3, 0.4) is 0 Å². The molecule has 0 saturated heterocycles. The summed E-state index contributed by atoms with van der Waals surface area (Å²) in [6, 6.07) is 0. The SMILES string of the molecule is CC.COC1CCCCC1(C)C. The molecule has 0 aromatic rings. The summed E-state index contributed by atoms with van der Waals surface area (Å²) in [5.74, 6) is 0. The average Bonchev–Trinajstić information content (AvgIpc) is 2.07. The molecule has 1 nitrogen and oxygen atoms in total. The average molecular weight is 172 g/mol. The Hall–Kier alpha value is -0.0400. The van der Waals surface area contributed by atoms with Gasteiger partial charge in [0.25, 0.3) is 0 Å². The van der Waals surface area contributed by atoms with E-state index in [9.17, 15) is 0 Å². The van der Waals surface area contributed by atoms with Crippen molar-refractivity contribution >= 4 is 0 Å². The van der Waals surface area contributed by atoms with Crippen LogP contribution in [0.2, 0.25) is 0 Å². The maximum atomic E-state index is 5.41. The molecule has 1 rings (SSSR count). The van der Waals surface area contributed by atoms with Gasteiger partial charge in [0, 0.05) is 7.11 Å². The van der Waals surface area contributed by atoms with Crippen LogP contribution in [0.25, 0.3) is 0 Å². The fraction of sp³-hybridized carbons (Fsp3) is 1.00. The van der Waals surface area contributed by atoms with Crippen molar-refractivity contribution in [2.24, 2.45) is 5.41 Å². The third-order valence-corrected chi connectivity index (χ3v) is 2.69. The minimum atomic E-state index is 0.424. The van der Waals surface area contributed by atoms with Gasteiger partial charge >= 0.3 is 0 Å². The lowest BCUT2D eigenvalue weighted by Crippen LogP contribution is -2.34. The molecule has 0 heterocycles. The molecule has 12 heavy (non-hydrogen) atoms. The normalized spacial score (nSPS) is 27.2. The topological polar surface area (TPSA) is 9.23 Å². The Morgan fingerprint density at radius 2 is 1.75 bits per heavy atom. The van der Waals surface area contributed by atoms with E-state index in [1.807, 2.05) is 21.0 Å². The largest absolute Gasteiger partial charge is 0.381 e. The Balaban J connectivity index is 0.000000561. The van der Waals surface area contributed by atoms with Crippen molar-refractivity contribution in [2.45, 2.75) is 59.5 Å². The molecule has 1 aliphatic carbocycles. The summed E-state index contributed by atoms with van der Waals surface area (Å²) in [4.78, 5) is 0. The molecule has 0 spiro atoms. The molecule has 1 fully saturated rings. The minimum absolute atomic E-state index is 0.424. The lowest BCUT2D eigenvalue weighted by atomic mass is 9.75. The third-order valence-electron chi connectivity index (χ3n) is 2.69. The fourth-order valence-electron chi connectivity index (χ4n) is 1.90. The highest BCUT2D eigenvalue weighted by atomic mass is 16.5. The molecule has 0 aliphatic heterocycles. The maximum Gasteiger partial charge on any atom is 0.0622 e. The Labute approximate surface area is 77.5 Å². The van der Waals surface area contributed by atoms with Crippen LogP contribution < -0.4 is 0 Å². The van der Waals surface area contributed by atoms with E-state index in [0.29, 0.717) is 11.5 Å². The van der Waals surface area contributed by atoms with Crippen molar-refractivity contribution in [1.82, 2.24) is 0 Å². The van der Waals surface area contributed by atoms with Gasteiger partial charge in [-0.25, -0.2) is 0 Å². The zero-order valence-electron chi connectivity index (χ0n) is 9.31. The summed E-state index contributed by atoms with van der Waals surface area (Å²) < 4.78 is 5.41. The number of methoxy groups -OCH3 is 1. The smallest absolute Gasteiger partial charge is 0.0622 e. The highest BCUT2D eigenvalue weighted by Crippen LogP contribution is 2.36. The molecule has 0 amide bonds. The van der Waals surface area contributed by atoms with Crippen molar-refractivity contribution in [3.63, 3.8) is 0 Å². The number of rotatable bonds is 1. The van der Waals surface area contributed by atoms with E-state index in [2.05, 4.69) is 13.8 Å². The molecule has 0 radical (unpaired) electrons.